The Morgan fingerprint density at radius 2 is 1.89 bits per heavy atom. The first-order chi connectivity index (χ1) is 17.6. The highest BCUT2D eigenvalue weighted by molar-refractivity contribution is 5.84. The van der Waals surface area contributed by atoms with Crippen LogP contribution in [-0.2, 0) is 22.6 Å². The van der Waals surface area contributed by atoms with Crippen LogP contribution in [0.1, 0.15) is 32.3 Å². The molecule has 190 valence electrons. The molecule has 1 N–H and O–H groups in total. The van der Waals surface area contributed by atoms with Crippen LogP contribution in [0.4, 0.5) is 5.82 Å². The molecular formula is C25H31N7O4. The molecule has 36 heavy (non-hydrogen) atoms. The first-order valence-corrected chi connectivity index (χ1v) is 12.0. The highest BCUT2D eigenvalue weighted by Crippen LogP contribution is 2.28. The van der Waals surface area contributed by atoms with Crippen molar-refractivity contribution in [3.8, 4) is 23.1 Å². The third-order valence-electron chi connectivity index (χ3n) is 5.55. The van der Waals surface area contributed by atoms with Gasteiger partial charge < -0.3 is 19.5 Å². The summed E-state index contributed by atoms with van der Waals surface area (Å²) in [6, 6.07) is 8.83. The van der Waals surface area contributed by atoms with Gasteiger partial charge in [-0.05, 0) is 24.5 Å². The van der Waals surface area contributed by atoms with Crippen LogP contribution in [0.25, 0.3) is 22.3 Å². The number of esters is 1. The maximum absolute atomic E-state index is 11.7. The molecule has 0 unspecified atom stereocenters. The topological polar surface area (TPSA) is 118 Å². The second-order valence-corrected chi connectivity index (χ2v) is 8.09. The molecule has 11 heteroatoms. The monoisotopic (exact) mass is 493 g/mol. The van der Waals surface area contributed by atoms with Gasteiger partial charge in [-0.3, -0.25) is 14.0 Å². The summed E-state index contributed by atoms with van der Waals surface area (Å²) in [5, 5.41) is 7.34. The Labute approximate surface area is 209 Å². The molecule has 0 spiro atoms. The first kappa shape index (κ1) is 25.0. The van der Waals surface area contributed by atoms with Gasteiger partial charge in [-0.2, -0.15) is 20.1 Å². The number of fused-ring (bicyclic) bond motifs is 1. The molecule has 0 aliphatic rings. The Morgan fingerprint density at radius 3 is 2.58 bits per heavy atom. The maximum Gasteiger partial charge on any atom is 0.327 e. The number of imidazole rings is 1. The number of hydrogen-bond donors (Lipinski definition) is 1. The number of anilines is 1. The molecule has 0 saturated carbocycles. The number of methoxy groups -OCH3 is 1. The van der Waals surface area contributed by atoms with Crippen LogP contribution in [0.2, 0.25) is 0 Å². The lowest BCUT2D eigenvalue weighted by Crippen LogP contribution is -2.13. The molecule has 0 bridgehead atoms. The van der Waals surface area contributed by atoms with E-state index in [1.165, 1.54) is 0 Å². The van der Waals surface area contributed by atoms with Crippen molar-refractivity contribution in [3.63, 3.8) is 0 Å². The second-order valence-electron chi connectivity index (χ2n) is 8.09. The second kappa shape index (κ2) is 11.5. The summed E-state index contributed by atoms with van der Waals surface area (Å²) in [5.41, 5.74) is 4.18. The predicted octanol–water partition coefficient (Wildman–Crippen LogP) is 3.53. The average Bonchev–Trinajstić information content (AvgIpc) is 3.49. The van der Waals surface area contributed by atoms with Gasteiger partial charge in [0.25, 0.3) is 6.01 Å². The Hall–Kier alpha value is -4.15. The van der Waals surface area contributed by atoms with E-state index in [-0.39, 0.29) is 12.5 Å². The number of ether oxygens (including phenoxy) is 3. The third kappa shape index (κ3) is 5.56. The number of unbranched alkanes of at least 4 members (excludes halogenated alkanes) is 1. The van der Waals surface area contributed by atoms with Crippen LogP contribution >= 0.6 is 0 Å². The van der Waals surface area contributed by atoms with Crippen molar-refractivity contribution in [1.82, 2.24) is 29.3 Å². The average molecular weight is 494 g/mol. The lowest BCUT2D eigenvalue weighted by Gasteiger charge is -2.10. The molecule has 0 atom stereocenters. The summed E-state index contributed by atoms with van der Waals surface area (Å²) in [4.78, 5) is 25.4. The molecule has 3 aromatic heterocycles. The summed E-state index contributed by atoms with van der Waals surface area (Å²) in [7, 11) is 3.37. The first-order valence-electron chi connectivity index (χ1n) is 12.0. The molecule has 4 aromatic rings. The summed E-state index contributed by atoms with van der Waals surface area (Å²) < 4.78 is 19.8. The number of carbonyl (C=O) groups excluding carboxylic acids is 1. The van der Waals surface area contributed by atoms with Crippen LogP contribution in [0.15, 0.2) is 36.7 Å². The molecule has 0 amide bonds. The van der Waals surface area contributed by atoms with Crippen molar-refractivity contribution in [1.29, 1.82) is 0 Å². The zero-order valence-electron chi connectivity index (χ0n) is 21.0. The van der Waals surface area contributed by atoms with Crippen LogP contribution in [0.3, 0.4) is 0 Å². The number of nitrogens with one attached hydrogen (secondary N) is 1. The zero-order chi connectivity index (χ0) is 25.5. The maximum atomic E-state index is 11.7. The van der Waals surface area contributed by atoms with Gasteiger partial charge in [0, 0.05) is 18.8 Å². The third-order valence-corrected chi connectivity index (χ3v) is 5.55. The van der Waals surface area contributed by atoms with E-state index >= 15 is 0 Å². The minimum absolute atomic E-state index is 0.0834. The Kier molecular flexibility index (Phi) is 7.99. The molecular weight excluding hydrogens is 462 g/mol. The van der Waals surface area contributed by atoms with E-state index in [2.05, 4.69) is 32.3 Å². The van der Waals surface area contributed by atoms with Crippen LogP contribution < -0.4 is 14.8 Å². The SMILES string of the molecule is CCCCOc1nc(NC)c2nc(OC)n(Cc3ccc(-c4cnn(CC(=O)OCC)c4)cc3)c2n1. The van der Waals surface area contributed by atoms with E-state index < -0.39 is 0 Å². The van der Waals surface area contributed by atoms with Crippen LogP contribution in [0, 0.1) is 0 Å². The summed E-state index contributed by atoms with van der Waals surface area (Å²) in [5.74, 6) is 0.270. The van der Waals surface area contributed by atoms with Crippen LogP contribution in [0.5, 0.6) is 12.0 Å². The lowest BCUT2D eigenvalue weighted by molar-refractivity contribution is -0.144. The van der Waals surface area contributed by atoms with Gasteiger partial charge in [0.1, 0.15) is 6.54 Å². The normalized spacial score (nSPS) is 11.0. The van der Waals surface area contributed by atoms with Gasteiger partial charge in [-0.25, -0.2) is 0 Å². The van der Waals surface area contributed by atoms with Crippen molar-refractivity contribution in [2.75, 3.05) is 32.7 Å². The molecule has 4 rings (SSSR count). The van der Waals surface area contributed by atoms with E-state index in [9.17, 15) is 4.79 Å². The summed E-state index contributed by atoms with van der Waals surface area (Å²) in [6.45, 7) is 5.36. The van der Waals surface area contributed by atoms with E-state index in [1.807, 2.05) is 35.0 Å². The lowest BCUT2D eigenvalue weighted by atomic mass is 10.1. The molecule has 0 radical (unpaired) electrons. The van der Waals surface area contributed by atoms with E-state index in [0.717, 1.165) is 29.5 Å². The number of rotatable bonds is 12. The molecule has 0 saturated heterocycles. The minimum atomic E-state index is -0.312. The standard InChI is InChI=1S/C25H31N7O4/c1-5-7-12-36-24-29-22(26-3)21-23(30-24)32(25(28-21)34-4)14-17-8-10-18(11-9-17)19-13-27-31(15-19)16-20(33)35-6-2/h8-11,13,15H,5-7,12,14,16H2,1-4H3,(H,26,29,30). The number of benzene rings is 1. The van der Waals surface area contributed by atoms with Crippen molar-refractivity contribution >= 4 is 23.0 Å². The predicted molar refractivity (Wildman–Crippen MR) is 135 cm³/mol. The van der Waals surface area contributed by atoms with Crippen molar-refractivity contribution in [2.24, 2.45) is 0 Å². The zero-order valence-corrected chi connectivity index (χ0v) is 21.0. The Morgan fingerprint density at radius 1 is 1.08 bits per heavy atom. The van der Waals surface area contributed by atoms with Crippen molar-refractivity contribution in [3.05, 3.63) is 42.2 Å². The Bertz CT molecular complexity index is 1310. The van der Waals surface area contributed by atoms with E-state index in [0.29, 0.717) is 48.8 Å². The number of aromatic nitrogens is 6. The minimum Gasteiger partial charge on any atom is -0.468 e. The van der Waals surface area contributed by atoms with Gasteiger partial charge in [-0.15, -0.1) is 0 Å². The van der Waals surface area contributed by atoms with Crippen molar-refractivity contribution < 1.29 is 19.0 Å². The van der Waals surface area contributed by atoms with Gasteiger partial charge >= 0.3 is 12.0 Å². The van der Waals surface area contributed by atoms with Crippen molar-refractivity contribution in [2.45, 2.75) is 39.8 Å². The molecule has 0 aliphatic carbocycles. The number of carbonyl (C=O) groups is 1. The highest BCUT2D eigenvalue weighted by Gasteiger charge is 2.19. The highest BCUT2D eigenvalue weighted by atomic mass is 16.5. The largest absolute Gasteiger partial charge is 0.468 e. The molecule has 1 aromatic carbocycles. The van der Waals surface area contributed by atoms with Gasteiger partial charge in [0.2, 0.25) is 0 Å². The van der Waals surface area contributed by atoms with E-state index in [1.54, 1.807) is 32.0 Å². The van der Waals surface area contributed by atoms with Gasteiger partial charge in [-0.1, -0.05) is 37.6 Å². The molecule has 0 fully saturated rings. The number of nitrogens with zero attached hydrogens (tertiary/aromatic N) is 6. The fourth-order valence-electron chi connectivity index (χ4n) is 3.73. The smallest absolute Gasteiger partial charge is 0.327 e. The quantitative estimate of drug-likeness (QED) is 0.233. The Balaban J connectivity index is 1.57. The summed E-state index contributed by atoms with van der Waals surface area (Å²) in [6.07, 6.45) is 5.51. The fraction of sp³-hybridized carbons (Fsp3) is 0.400. The van der Waals surface area contributed by atoms with Crippen LogP contribution in [-0.4, -0.2) is 62.6 Å². The van der Waals surface area contributed by atoms with E-state index in [4.69, 9.17) is 14.2 Å². The molecule has 11 nitrogen and oxygen atoms in total. The molecule has 0 aliphatic heterocycles. The summed E-state index contributed by atoms with van der Waals surface area (Å²) >= 11 is 0. The fourth-order valence-corrected chi connectivity index (χ4v) is 3.73. The number of hydrogen-bond acceptors (Lipinski definition) is 9. The molecule has 3 heterocycles. The van der Waals surface area contributed by atoms with Gasteiger partial charge in [0.15, 0.2) is 17.0 Å². The van der Waals surface area contributed by atoms with Gasteiger partial charge in [0.05, 0.1) is 33.1 Å².